The molecular weight excluding hydrogens is 368 g/mol. The maximum atomic E-state index is 13.5. The SMILES string of the molecule is CN(C)CC(=O)OC12CC3CC(C1)CC([C@H](N)C(=O)N1[C@H](C#N)C[C@@H]4C[C@@H]41)(C3)C2. The number of carbonyl (C=O) groups is 2. The van der Waals surface area contributed by atoms with Crippen molar-refractivity contribution in [3.05, 3.63) is 0 Å². The average molecular weight is 401 g/mol. The first-order valence-corrected chi connectivity index (χ1v) is 11.1. The molecule has 29 heavy (non-hydrogen) atoms. The monoisotopic (exact) mass is 400 g/mol. The first-order valence-electron chi connectivity index (χ1n) is 11.1. The lowest BCUT2D eigenvalue weighted by Crippen LogP contribution is -2.65. The summed E-state index contributed by atoms with van der Waals surface area (Å²) >= 11 is 0. The molecule has 0 aromatic heterocycles. The molecule has 0 aromatic carbocycles. The molecule has 4 bridgehead atoms. The van der Waals surface area contributed by atoms with E-state index >= 15 is 0 Å². The van der Waals surface area contributed by atoms with E-state index < -0.39 is 11.6 Å². The Hall–Kier alpha value is -1.65. The number of fused-ring (bicyclic) bond motifs is 1. The number of hydrogen-bond donors (Lipinski definition) is 1. The zero-order chi connectivity index (χ0) is 20.6. The summed E-state index contributed by atoms with van der Waals surface area (Å²) in [7, 11) is 3.73. The first-order chi connectivity index (χ1) is 13.7. The fraction of sp³-hybridized carbons (Fsp3) is 0.864. The molecule has 5 aliphatic carbocycles. The highest BCUT2D eigenvalue weighted by Crippen LogP contribution is 2.64. The number of ether oxygens (including phenoxy) is 1. The number of amides is 1. The second kappa shape index (κ2) is 6.42. The van der Waals surface area contributed by atoms with Gasteiger partial charge >= 0.3 is 5.97 Å². The highest BCUT2D eigenvalue weighted by atomic mass is 16.6. The van der Waals surface area contributed by atoms with Gasteiger partial charge in [-0.25, -0.2) is 0 Å². The normalized spacial score (nSPS) is 45.1. The molecule has 2 N–H and O–H groups in total. The highest BCUT2D eigenvalue weighted by molar-refractivity contribution is 5.84. The second-order valence-corrected chi connectivity index (χ2v) is 10.9. The molecular formula is C22H32N4O3. The van der Waals surface area contributed by atoms with Gasteiger partial charge in [-0.1, -0.05) is 0 Å². The first kappa shape index (κ1) is 19.3. The fourth-order valence-corrected chi connectivity index (χ4v) is 7.57. The third-order valence-corrected chi connectivity index (χ3v) is 8.26. The van der Waals surface area contributed by atoms with Crippen LogP contribution in [0.25, 0.3) is 0 Å². The van der Waals surface area contributed by atoms with Crippen LogP contribution >= 0.6 is 0 Å². The lowest BCUT2D eigenvalue weighted by molar-refractivity contribution is -0.206. The van der Waals surface area contributed by atoms with Crippen LogP contribution in [0.5, 0.6) is 0 Å². The minimum atomic E-state index is -0.601. The molecule has 6 atom stereocenters. The van der Waals surface area contributed by atoms with E-state index in [1.807, 2.05) is 19.0 Å². The van der Waals surface area contributed by atoms with Gasteiger partial charge in [0.2, 0.25) is 5.91 Å². The standard InChI is InChI=1S/C22H32N4O3/c1-25(2)11-18(27)29-22-8-13-3-14(9-22)7-21(6-13,12-22)19(24)20(28)26-16(10-23)4-15-5-17(15)26/h13-17,19H,3-9,11-12,24H2,1-2H3/t13?,14?,15-,16+,17+,19-,21?,22?/m1/s1. The summed E-state index contributed by atoms with van der Waals surface area (Å²) < 4.78 is 6.10. The number of carbonyl (C=O) groups excluding carboxylic acids is 2. The van der Waals surface area contributed by atoms with Crippen LogP contribution in [0.15, 0.2) is 0 Å². The maximum Gasteiger partial charge on any atom is 0.320 e. The van der Waals surface area contributed by atoms with Crippen LogP contribution in [0.3, 0.4) is 0 Å². The molecule has 158 valence electrons. The summed E-state index contributed by atoms with van der Waals surface area (Å²) in [5, 5.41) is 9.51. The average Bonchev–Trinajstić information content (AvgIpc) is 3.28. The van der Waals surface area contributed by atoms with E-state index in [9.17, 15) is 14.9 Å². The Bertz CT molecular complexity index is 761. The van der Waals surface area contributed by atoms with Gasteiger partial charge in [-0.3, -0.25) is 14.5 Å². The Morgan fingerprint density at radius 2 is 1.90 bits per heavy atom. The smallest absolute Gasteiger partial charge is 0.320 e. The van der Waals surface area contributed by atoms with Gasteiger partial charge in [0.25, 0.3) is 0 Å². The minimum absolute atomic E-state index is 0.0433. The molecule has 7 heteroatoms. The van der Waals surface area contributed by atoms with Gasteiger partial charge in [-0.2, -0.15) is 5.26 Å². The lowest BCUT2D eigenvalue weighted by atomic mass is 9.46. The van der Waals surface area contributed by atoms with Crippen molar-refractivity contribution in [2.45, 2.75) is 75.1 Å². The predicted molar refractivity (Wildman–Crippen MR) is 105 cm³/mol. The van der Waals surface area contributed by atoms with Crippen molar-refractivity contribution in [3.63, 3.8) is 0 Å². The summed E-state index contributed by atoms with van der Waals surface area (Å²) in [5.41, 5.74) is 5.95. The molecule has 7 nitrogen and oxygen atoms in total. The van der Waals surface area contributed by atoms with Crippen LogP contribution in [-0.4, -0.2) is 66.0 Å². The van der Waals surface area contributed by atoms with E-state index in [2.05, 4.69) is 6.07 Å². The van der Waals surface area contributed by atoms with Gasteiger partial charge in [-0.15, -0.1) is 0 Å². The van der Waals surface area contributed by atoms with Gasteiger partial charge in [0, 0.05) is 6.04 Å². The van der Waals surface area contributed by atoms with E-state index in [-0.39, 0.29) is 35.9 Å². The summed E-state index contributed by atoms with van der Waals surface area (Å²) in [6.07, 6.45) is 7.36. The predicted octanol–water partition coefficient (Wildman–Crippen LogP) is 1.27. The zero-order valence-corrected chi connectivity index (χ0v) is 17.5. The van der Waals surface area contributed by atoms with Crippen molar-refractivity contribution in [2.75, 3.05) is 20.6 Å². The summed E-state index contributed by atoms with van der Waals surface area (Å²) in [5.74, 6) is 1.21. The molecule has 1 aliphatic heterocycles. The number of hydrogen-bond acceptors (Lipinski definition) is 6. The van der Waals surface area contributed by atoms with Crippen molar-refractivity contribution in [1.29, 1.82) is 5.26 Å². The number of nitrogens with two attached hydrogens (primary N) is 1. The number of nitriles is 1. The van der Waals surface area contributed by atoms with Crippen molar-refractivity contribution in [2.24, 2.45) is 28.9 Å². The zero-order valence-electron chi connectivity index (χ0n) is 17.5. The van der Waals surface area contributed by atoms with Gasteiger partial charge < -0.3 is 15.4 Å². The number of rotatable bonds is 5. The number of likely N-dealkylation sites (N-methyl/N-ethyl adjacent to an activating group) is 1. The quantitative estimate of drug-likeness (QED) is 0.698. The number of piperidine rings is 1. The molecule has 1 saturated heterocycles. The van der Waals surface area contributed by atoms with Crippen molar-refractivity contribution < 1.29 is 14.3 Å². The minimum Gasteiger partial charge on any atom is -0.458 e. The van der Waals surface area contributed by atoms with Crippen LogP contribution in [0.4, 0.5) is 0 Å². The third-order valence-electron chi connectivity index (χ3n) is 8.26. The number of nitrogens with zero attached hydrogens (tertiary/aromatic N) is 3. The van der Waals surface area contributed by atoms with Gasteiger partial charge in [-0.05, 0) is 88.6 Å². The van der Waals surface area contributed by atoms with Crippen LogP contribution in [-0.2, 0) is 14.3 Å². The van der Waals surface area contributed by atoms with E-state index in [0.717, 1.165) is 44.9 Å². The number of esters is 1. The molecule has 1 amide bonds. The summed E-state index contributed by atoms with van der Waals surface area (Å²) in [6.45, 7) is 0.274. The van der Waals surface area contributed by atoms with Crippen molar-refractivity contribution in [1.82, 2.24) is 9.80 Å². The van der Waals surface area contributed by atoms with E-state index in [0.29, 0.717) is 24.2 Å². The topological polar surface area (TPSA) is 99.7 Å². The molecule has 0 spiro atoms. The molecule has 0 radical (unpaired) electrons. The molecule has 1 heterocycles. The largest absolute Gasteiger partial charge is 0.458 e. The van der Waals surface area contributed by atoms with Crippen LogP contribution in [0.1, 0.15) is 51.4 Å². The van der Waals surface area contributed by atoms with Crippen molar-refractivity contribution in [3.8, 4) is 6.07 Å². The van der Waals surface area contributed by atoms with Crippen molar-refractivity contribution >= 4 is 11.9 Å². The van der Waals surface area contributed by atoms with Crippen LogP contribution in [0.2, 0.25) is 0 Å². The molecule has 6 aliphatic rings. The Labute approximate surface area is 172 Å². The summed E-state index contributed by atoms with van der Waals surface area (Å²) in [6, 6.07) is 1.61. The second-order valence-electron chi connectivity index (χ2n) is 10.9. The fourth-order valence-electron chi connectivity index (χ4n) is 7.57. The lowest BCUT2D eigenvalue weighted by Gasteiger charge is -2.62. The Morgan fingerprint density at radius 1 is 1.21 bits per heavy atom. The Morgan fingerprint density at radius 3 is 2.52 bits per heavy atom. The molecule has 6 rings (SSSR count). The summed E-state index contributed by atoms with van der Waals surface area (Å²) in [4.78, 5) is 29.6. The van der Waals surface area contributed by atoms with E-state index in [4.69, 9.17) is 10.5 Å². The Kier molecular flexibility index (Phi) is 4.28. The van der Waals surface area contributed by atoms with E-state index in [1.54, 1.807) is 4.90 Å². The van der Waals surface area contributed by atoms with Gasteiger partial charge in [0.1, 0.15) is 11.6 Å². The highest BCUT2D eigenvalue weighted by Gasteiger charge is 2.64. The van der Waals surface area contributed by atoms with Gasteiger partial charge in [0.05, 0.1) is 18.7 Å². The van der Waals surface area contributed by atoms with E-state index in [1.165, 1.54) is 0 Å². The van der Waals surface area contributed by atoms with Gasteiger partial charge in [0.15, 0.2) is 0 Å². The number of likely N-dealkylation sites (tertiary alicyclic amines) is 1. The Balaban J connectivity index is 1.38. The van der Waals surface area contributed by atoms with Crippen LogP contribution < -0.4 is 5.73 Å². The maximum absolute atomic E-state index is 13.5. The third kappa shape index (κ3) is 3.07. The molecule has 0 aromatic rings. The molecule has 5 saturated carbocycles. The van der Waals surface area contributed by atoms with Crippen LogP contribution in [0, 0.1) is 34.5 Å². The molecule has 2 unspecified atom stereocenters. The molecule has 6 fully saturated rings.